The predicted octanol–water partition coefficient (Wildman–Crippen LogP) is 4.43. The third-order valence-electron chi connectivity index (χ3n) is 6.43. The minimum Gasteiger partial charge on any atom is -0.312 e. The largest absolute Gasteiger partial charge is 0.312 e. The minimum atomic E-state index is -0.276. The molecule has 2 aliphatic rings. The fraction of sp³-hybridized carbons (Fsp3) is 0.417. The zero-order valence-electron chi connectivity index (χ0n) is 17.5. The minimum absolute atomic E-state index is 0.0272. The number of rotatable bonds is 2. The fourth-order valence-electron chi connectivity index (χ4n) is 4.69. The zero-order valence-corrected chi connectivity index (χ0v) is 18.3. The Morgan fingerprint density at radius 1 is 1.29 bits per heavy atom. The molecule has 1 aromatic carbocycles. The van der Waals surface area contributed by atoms with E-state index < -0.39 is 0 Å². The quantitative estimate of drug-likeness (QED) is 0.649. The highest BCUT2D eigenvalue weighted by molar-refractivity contribution is 7.16. The summed E-state index contributed by atoms with van der Waals surface area (Å²) in [5.74, 6) is 1.13. The Bertz CT molecular complexity index is 1300. The first kappa shape index (κ1) is 20.0. The highest BCUT2D eigenvalue weighted by atomic mass is 32.1. The van der Waals surface area contributed by atoms with Crippen molar-refractivity contribution in [3.05, 3.63) is 55.9 Å². The Hall–Kier alpha value is -2.98. The van der Waals surface area contributed by atoms with Crippen molar-refractivity contribution < 1.29 is 4.79 Å². The lowest BCUT2D eigenvalue weighted by Gasteiger charge is -2.17. The van der Waals surface area contributed by atoms with Crippen LogP contribution in [0.4, 0.5) is 5.00 Å². The van der Waals surface area contributed by atoms with Gasteiger partial charge in [-0.2, -0.15) is 5.26 Å². The van der Waals surface area contributed by atoms with Crippen LogP contribution in [0.25, 0.3) is 10.9 Å². The first-order valence-corrected chi connectivity index (χ1v) is 11.8. The second-order valence-corrected chi connectivity index (χ2v) is 9.75. The number of thiophene rings is 1. The van der Waals surface area contributed by atoms with Gasteiger partial charge in [0.05, 0.1) is 16.5 Å². The van der Waals surface area contributed by atoms with Crippen molar-refractivity contribution in [1.29, 1.82) is 5.26 Å². The van der Waals surface area contributed by atoms with Crippen LogP contribution in [0.5, 0.6) is 0 Å². The second kappa shape index (κ2) is 7.93. The number of aryl methyl sites for hydroxylation is 1. The maximum absolute atomic E-state index is 13.0. The summed E-state index contributed by atoms with van der Waals surface area (Å²) in [4.78, 5) is 31.8. The molecule has 1 N–H and O–H groups in total. The number of nitrogens with one attached hydrogen (secondary N) is 1. The summed E-state index contributed by atoms with van der Waals surface area (Å²) in [5, 5.41) is 13.8. The van der Waals surface area contributed by atoms with Crippen LogP contribution in [-0.4, -0.2) is 15.5 Å². The summed E-state index contributed by atoms with van der Waals surface area (Å²) in [6.07, 6.45) is 6.81. The number of hydrogen-bond donors (Lipinski definition) is 1. The normalized spacial score (nSPS) is 18.0. The lowest BCUT2D eigenvalue weighted by molar-refractivity contribution is 0.102. The van der Waals surface area contributed by atoms with Gasteiger partial charge in [-0.25, -0.2) is 4.98 Å². The highest BCUT2D eigenvalue weighted by Crippen LogP contribution is 2.39. The van der Waals surface area contributed by atoms with Gasteiger partial charge in [0.15, 0.2) is 0 Å². The molecule has 2 aromatic heterocycles. The van der Waals surface area contributed by atoms with Crippen molar-refractivity contribution in [2.75, 3.05) is 5.32 Å². The smallest absolute Gasteiger partial charge is 0.261 e. The van der Waals surface area contributed by atoms with Crippen molar-refractivity contribution in [1.82, 2.24) is 9.55 Å². The number of carbonyl (C=O) groups excluding carboxylic acids is 1. The molecule has 5 rings (SSSR count). The van der Waals surface area contributed by atoms with Crippen LogP contribution in [0.3, 0.4) is 0 Å². The Kier molecular flexibility index (Phi) is 5.11. The molecule has 1 atom stereocenters. The fourth-order valence-corrected chi connectivity index (χ4v) is 6.05. The van der Waals surface area contributed by atoms with E-state index in [0.29, 0.717) is 39.5 Å². The van der Waals surface area contributed by atoms with Gasteiger partial charge in [0.1, 0.15) is 16.9 Å². The SMILES string of the molecule is CC1CCc2c(sc(NC(=O)c3ccc4c(=O)n5c(nc4c3)CCCCC5)c2C#N)C1. The van der Waals surface area contributed by atoms with E-state index in [-0.39, 0.29) is 11.5 Å². The van der Waals surface area contributed by atoms with Crippen LogP contribution in [0.1, 0.15) is 64.8 Å². The molecule has 0 bridgehead atoms. The lowest BCUT2D eigenvalue weighted by Crippen LogP contribution is -2.24. The van der Waals surface area contributed by atoms with Crippen molar-refractivity contribution in [2.24, 2.45) is 5.92 Å². The lowest BCUT2D eigenvalue weighted by atomic mass is 9.88. The van der Waals surface area contributed by atoms with E-state index in [2.05, 4.69) is 18.3 Å². The monoisotopic (exact) mass is 432 g/mol. The molecule has 1 aliphatic carbocycles. The van der Waals surface area contributed by atoms with Gasteiger partial charge in [0.2, 0.25) is 0 Å². The number of hydrogen-bond acceptors (Lipinski definition) is 5. The van der Waals surface area contributed by atoms with Crippen LogP contribution in [0.2, 0.25) is 0 Å². The van der Waals surface area contributed by atoms with Gasteiger partial charge >= 0.3 is 0 Å². The molecular formula is C24H24N4O2S. The van der Waals surface area contributed by atoms with Crippen LogP contribution >= 0.6 is 11.3 Å². The van der Waals surface area contributed by atoms with E-state index in [1.54, 1.807) is 22.8 Å². The number of amides is 1. The van der Waals surface area contributed by atoms with Crippen LogP contribution in [0, 0.1) is 17.2 Å². The number of carbonyl (C=O) groups is 1. The summed E-state index contributed by atoms with van der Waals surface area (Å²) < 4.78 is 1.78. The summed E-state index contributed by atoms with van der Waals surface area (Å²) in [5.41, 5.74) is 2.67. The summed E-state index contributed by atoms with van der Waals surface area (Å²) in [7, 11) is 0. The van der Waals surface area contributed by atoms with Crippen molar-refractivity contribution >= 4 is 33.1 Å². The van der Waals surface area contributed by atoms with Gasteiger partial charge in [-0.15, -0.1) is 11.3 Å². The number of nitrogens with zero attached hydrogens (tertiary/aromatic N) is 3. The first-order chi connectivity index (χ1) is 15.0. The van der Waals surface area contributed by atoms with Gasteiger partial charge in [0, 0.05) is 23.4 Å². The van der Waals surface area contributed by atoms with E-state index >= 15 is 0 Å². The van der Waals surface area contributed by atoms with E-state index in [9.17, 15) is 14.9 Å². The van der Waals surface area contributed by atoms with Crippen LogP contribution < -0.4 is 10.9 Å². The Balaban J connectivity index is 1.48. The van der Waals surface area contributed by atoms with Gasteiger partial charge in [-0.3, -0.25) is 14.2 Å². The third kappa shape index (κ3) is 3.55. The van der Waals surface area contributed by atoms with Crippen molar-refractivity contribution in [3.8, 4) is 6.07 Å². The molecule has 1 amide bonds. The van der Waals surface area contributed by atoms with Crippen LogP contribution in [-0.2, 0) is 25.8 Å². The number of fused-ring (bicyclic) bond motifs is 3. The molecule has 1 unspecified atom stereocenters. The van der Waals surface area contributed by atoms with Gasteiger partial charge in [-0.05, 0) is 61.8 Å². The molecule has 31 heavy (non-hydrogen) atoms. The molecule has 0 spiro atoms. The van der Waals surface area contributed by atoms with E-state index in [1.165, 1.54) is 16.2 Å². The summed E-state index contributed by atoms with van der Waals surface area (Å²) >= 11 is 1.52. The molecule has 158 valence electrons. The molecule has 3 aromatic rings. The third-order valence-corrected chi connectivity index (χ3v) is 7.60. The number of anilines is 1. The summed E-state index contributed by atoms with van der Waals surface area (Å²) in [6, 6.07) is 7.36. The second-order valence-electron chi connectivity index (χ2n) is 8.65. The number of nitriles is 1. The Morgan fingerprint density at radius 2 is 2.16 bits per heavy atom. The molecule has 0 fully saturated rings. The average molecular weight is 433 g/mol. The Morgan fingerprint density at radius 3 is 3.00 bits per heavy atom. The molecule has 3 heterocycles. The summed E-state index contributed by atoms with van der Waals surface area (Å²) in [6.45, 7) is 2.93. The van der Waals surface area contributed by atoms with Crippen molar-refractivity contribution in [2.45, 2.75) is 58.4 Å². The van der Waals surface area contributed by atoms with Gasteiger partial charge in [-0.1, -0.05) is 13.3 Å². The van der Waals surface area contributed by atoms with Crippen LogP contribution in [0.15, 0.2) is 23.0 Å². The maximum atomic E-state index is 13.0. The number of aromatic nitrogens is 2. The van der Waals surface area contributed by atoms with E-state index in [1.807, 2.05) is 0 Å². The molecule has 6 nitrogen and oxygen atoms in total. The van der Waals surface area contributed by atoms with Gasteiger partial charge in [0.25, 0.3) is 11.5 Å². The molecule has 0 radical (unpaired) electrons. The standard InChI is InChI=1S/C24H24N4O2S/c1-14-6-8-16-18(13-25)23(31-20(16)11-14)27-22(29)15-7-9-17-19(12-15)26-21-5-3-2-4-10-28(21)24(17)30/h7,9,12,14H,2-6,8,10-11H2,1H3,(H,27,29). The van der Waals surface area contributed by atoms with Gasteiger partial charge < -0.3 is 5.32 Å². The highest BCUT2D eigenvalue weighted by Gasteiger charge is 2.25. The van der Waals surface area contributed by atoms with E-state index in [4.69, 9.17) is 4.98 Å². The first-order valence-electron chi connectivity index (χ1n) is 10.9. The maximum Gasteiger partial charge on any atom is 0.261 e. The topological polar surface area (TPSA) is 87.8 Å². The zero-order chi connectivity index (χ0) is 21.5. The number of benzene rings is 1. The van der Waals surface area contributed by atoms with Crippen molar-refractivity contribution in [3.63, 3.8) is 0 Å². The molecule has 0 saturated heterocycles. The predicted molar refractivity (Wildman–Crippen MR) is 122 cm³/mol. The Labute approximate surface area is 184 Å². The average Bonchev–Trinajstić information content (AvgIpc) is 2.92. The molecular weight excluding hydrogens is 408 g/mol. The molecule has 0 saturated carbocycles. The molecule has 7 heteroatoms. The molecule has 1 aliphatic heterocycles. The van der Waals surface area contributed by atoms with E-state index in [0.717, 1.165) is 56.3 Å².